The number of aliphatic hydroxyl groups is 1. The summed E-state index contributed by atoms with van der Waals surface area (Å²) in [6.07, 6.45) is -4.68. The van der Waals surface area contributed by atoms with Gasteiger partial charge in [0.15, 0.2) is 5.60 Å². The second-order valence-corrected chi connectivity index (χ2v) is 3.47. The molecular weight excluding hydrogens is 207 g/mol. The molecule has 5 heteroatoms. The van der Waals surface area contributed by atoms with E-state index in [0.29, 0.717) is 0 Å². The molecule has 2 nitrogen and oxygen atoms in total. The van der Waals surface area contributed by atoms with Crippen molar-refractivity contribution in [2.24, 2.45) is 5.73 Å². The van der Waals surface area contributed by atoms with E-state index in [0.717, 1.165) is 12.5 Å². The fourth-order valence-electron chi connectivity index (χ4n) is 1.13. The maximum absolute atomic E-state index is 12.4. The van der Waals surface area contributed by atoms with Crippen molar-refractivity contribution >= 4 is 0 Å². The number of rotatable bonds is 2. The Kier molecular flexibility index (Phi) is 3.06. The molecular formula is C10H12F3NO. The molecule has 0 heterocycles. The highest BCUT2D eigenvalue weighted by atomic mass is 19.4. The Labute approximate surface area is 85.5 Å². The lowest BCUT2D eigenvalue weighted by Gasteiger charge is -2.26. The van der Waals surface area contributed by atoms with Crippen molar-refractivity contribution in [1.82, 2.24) is 0 Å². The van der Waals surface area contributed by atoms with Gasteiger partial charge in [0, 0.05) is 6.54 Å². The zero-order chi connectivity index (χ0) is 11.7. The van der Waals surface area contributed by atoms with Crippen molar-refractivity contribution in [3.05, 3.63) is 35.4 Å². The molecule has 1 aromatic rings. The summed E-state index contributed by atoms with van der Waals surface area (Å²) in [5.41, 5.74) is 3.02. The van der Waals surface area contributed by atoms with Gasteiger partial charge in [0.2, 0.25) is 0 Å². The van der Waals surface area contributed by atoms with Gasteiger partial charge in [-0.05, 0) is 18.1 Å². The fraction of sp³-hybridized carbons (Fsp3) is 0.400. The lowest BCUT2D eigenvalue weighted by molar-refractivity contribution is -0.258. The van der Waals surface area contributed by atoms with Crippen LogP contribution in [0.15, 0.2) is 24.3 Å². The van der Waals surface area contributed by atoms with Crippen LogP contribution in [0.2, 0.25) is 0 Å². The van der Waals surface area contributed by atoms with Crippen LogP contribution in [0.4, 0.5) is 13.2 Å². The normalized spacial score (nSPS) is 16.1. The van der Waals surface area contributed by atoms with Crippen LogP contribution in [0.5, 0.6) is 0 Å². The summed E-state index contributed by atoms with van der Waals surface area (Å²) < 4.78 is 37.3. The minimum Gasteiger partial charge on any atom is -0.376 e. The van der Waals surface area contributed by atoms with Crippen LogP contribution in [0.3, 0.4) is 0 Å². The molecule has 0 aliphatic rings. The van der Waals surface area contributed by atoms with Crippen LogP contribution in [0.1, 0.15) is 18.1 Å². The Morgan fingerprint density at radius 1 is 1.20 bits per heavy atom. The summed E-state index contributed by atoms with van der Waals surface area (Å²) in [5.74, 6) is 0. The maximum atomic E-state index is 12.4. The largest absolute Gasteiger partial charge is 0.421 e. The Morgan fingerprint density at radius 3 is 2.00 bits per heavy atom. The monoisotopic (exact) mass is 219 g/mol. The van der Waals surface area contributed by atoms with Crippen molar-refractivity contribution in [3.8, 4) is 0 Å². The van der Waals surface area contributed by atoms with E-state index >= 15 is 0 Å². The number of hydrogen-bond acceptors (Lipinski definition) is 2. The lowest BCUT2D eigenvalue weighted by Crippen LogP contribution is -2.39. The van der Waals surface area contributed by atoms with E-state index in [2.05, 4.69) is 0 Å². The van der Waals surface area contributed by atoms with Gasteiger partial charge in [0.05, 0.1) is 0 Å². The van der Waals surface area contributed by atoms with E-state index in [-0.39, 0.29) is 12.1 Å². The summed E-state index contributed by atoms with van der Waals surface area (Å²) >= 11 is 0. The predicted octanol–water partition coefficient (Wildman–Crippen LogP) is 1.92. The molecule has 0 spiro atoms. The third-order valence-corrected chi connectivity index (χ3v) is 2.30. The molecule has 1 aromatic carbocycles. The van der Waals surface area contributed by atoms with Gasteiger partial charge in [-0.2, -0.15) is 13.2 Å². The van der Waals surface area contributed by atoms with Crippen LogP contribution < -0.4 is 5.73 Å². The van der Waals surface area contributed by atoms with Crippen molar-refractivity contribution in [3.63, 3.8) is 0 Å². The van der Waals surface area contributed by atoms with E-state index in [1.807, 2.05) is 0 Å². The third kappa shape index (κ3) is 2.30. The van der Waals surface area contributed by atoms with Crippen molar-refractivity contribution in [1.29, 1.82) is 0 Å². The van der Waals surface area contributed by atoms with Crippen LogP contribution in [-0.2, 0) is 12.1 Å². The highest BCUT2D eigenvalue weighted by Gasteiger charge is 2.50. The smallest absolute Gasteiger partial charge is 0.376 e. The number of alkyl halides is 3. The van der Waals surface area contributed by atoms with E-state index in [4.69, 9.17) is 5.73 Å². The summed E-state index contributed by atoms with van der Waals surface area (Å²) in [6, 6.07) is 5.40. The molecule has 0 aliphatic carbocycles. The zero-order valence-corrected chi connectivity index (χ0v) is 8.17. The first kappa shape index (κ1) is 12.0. The van der Waals surface area contributed by atoms with Gasteiger partial charge in [-0.15, -0.1) is 0 Å². The molecule has 15 heavy (non-hydrogen) atoms. The Bertz CT molecular complexity index is 330. The highest BCUT2D eigenvalue weighted by molar-refractivity contribution is 5.27. The Balaban J connectivity index is 3.06. The van der Waals surface area contributed by atoms with Crippen LogP contribution in [-0.4, -0.2) is 11.3 Å². The third-order valence-electron chi connectivity index (χ3n) is 2.30. The molecule has 1 atom stereocenters. The first-order chi connectivity index (χ1) is 6.79. The van der Waals surface area contributed by atoms with Gasteiger partial charge >= 0.3 is 6.18 Å². The predicted molar refractivity (Wildman–Crippen MR) is 50.0 cm³/mol. The first-order valence-corrected chi connectivity index (χ1v) is 4.37. The molecule has 84 valence electrons. The van der Waals surface area contributed by atoms with Crippen molar-refractivity contribution < 1.29 is 18.3 Å². The molecule has 0 radical (unpaired) electrons. The maximum Gasteiger partial charge on any atom is 0.421 e. The quantitative estimate of drug-likeness (QED) is 0.798. The second kappa shape index (κ2) is 3.83. The molecule has 0 saturated carbocycles. The minimum atomic E-state index is -4.68. The molecule has 3 N–H and O–H groups in total. The molecule has 1 rings (SSSR count). The van der Waals surface area contributed by atoms with Crippen molar-refractivity contribution in [2.45, 2.75) is 25.2 Å². The molecule has 0 aliphatic heterocycles. The van der Waals surface area contributed by atoms with Gasteiger partial charge < -0.3 is 10.8 Å². The second-order valence-electron chi connectivity index (χ2n) is 3.47. The SMILES string of the molecule is C[C@](O)(c1ccc(CN)cc1)C(F)(F)F. The molecule has 0 fully saturated rings. The zero-order valence-electron chi connectivity index (χ0n) is 8.17. The van der Waals surface area contributed by atoms with E-state index < -0.39 is 11.8 Å². The van der Waals surface area contributed by atoms with E-state index in [9.17, 15) is 18.3 Å². The summed E-state index contributed by atoms with van der Waals surface area (Å²) in [4.78, 5) is 0. The summed E-state index contributed by atoms with van der Waals surface area (Å²) in [5, 5.41) is 9.33. The Morgan fingerprint density at radius 2 is 1.67 bits per heavy atom. The van der Waals surface area contributed by atoms with E-state index in [1.165, 1.54) is 24.3 Å². The van der Waals surface area contributed by atoms with Crippen molar-refractivity contribution in [2.75, 3.05) is 0 Å². The summed E-state index contributed by atoms with van der Waals surface area (Å²) in [7, 11) is 0. The van der Waals surface area contributed by atoms with Crippen LogP contribution in [0, 0.1) is 0 Å². The van der Waals surface area contributed by atoms with E-state index in [1.54, 1.807) is 0 Å². The number of benzene rings is 1. The first-order valence-electron chi connectivity index (χ1n) is 4.37. The number of nitrogens with two attached hydrogens (primary N) is 1. The molecule has 0 saturated heterocycles. The lowest BCUT2D eigenvalue weighted by atomic mass is 9.94. The topological polar surface area (TPSA) is 46.2 Å². The van der Waals surface area contributed by atoms with Gasteiger partial charge in [-0.25, -0.2) is 0 Å². The fourth-order valence-corrected chi connectivity index (χ4v) is 1.13. The molecule has 0 aromatic heterocycles. The van der Waals surface area contributed by atoms with Gasteiger partial charge in [-0.3, -0.25) is 0 Å². The van der Waals surface area contributed by atoms with Gasteiger partial charge in [-0.1, -0.05) is 24.3 Å². The van der Waals surface area contributed by atoms with Crippen LogP contribution >= 0.6 is 0 Å². The molecule has 0 unspecified atom stereocenters. The summed E-state index contributed by atoms with van der Waals surface area (Å²) in [6.45, 7) is 0.985. The number of hydrogen-bond donors (Lipinski definition) is 2. The van der Waals surface area contributed by atoms with Gasteiger partial charge in [0.25, 0.3) is 0 Å². The molecule has 0 amide bonds. The Hall–Kier alpha value is -1.07. The highest BCUT2D eigenvalue weighted by Crippen LogP contribution is 2.38. The van der Waals surface area contributed by atoms with Gasteiger partial charge in [0.1, 0.15) is 0 Å². The minimum absolute atomic E-state index is 0.188. The average molecular weight is 219 g/mol. The van der Waals surface area contributed by atoms with Crippen LogP contribution in [0.25, 0.3) is 0 Å². The standard InChI is InChI=1S/C10H12F3NO/c1-9(15,10(11,12)13)8-4-2-7(6-14)3-5-8/h2-5,15H,6,14H2,1H3/t9-/m0/s1. The number of halogens is 3. The average Bonchev–Trinajstić information content (AvgIpc) is 2.16. The molecule has 0 bridgehead atoms.